The average molecular weight is 744 g/mol. The van der Waals surface area contributed by atoms with Gasteiger partial charge in [0.2, 0.25) is 5.91 Å². The van der Waals surface area contributed by atoms with Crippen molar-refractivity contribution in [2.24, 2.45) is 5.92 Å². The highest BCUT2D eigenvalue weighted by Crippen LogP contribution is 2.37. The van der Waals surface area contributed by atoms with Crippen LogP contribution in [-0.4, -0.2) is 96.6 Å². The molecule has 3 fully saturated rings. The number of aromatic nitrogens is 7. The molecule has 1 aliphatic carbocycles. The Morgan fingerprint density at radius 1 is 1.00 bits per heavy atom. The van der Waals surface area contributed by atoms with E-state index in [0.29, 0.717) is 47.6 Å². The van der Waals surface area contributed by atoms with Crippen LogP contribution in [0, 0.1) is 12.8 Å². The first-order valence-electron chi connectivity index (χ1n) is 19.3. The number of piperazine rings is 1. The normalized spacial score (nSPS) is 21.1. The van der Waals surface area contributed by atoms with Gasteiger partial charge in [-0.2, -0.15) is 19.8 Å². The fraction of sp³-hybridized carbons (Fsp3) is 0.425. The molecule has 1 saturated carbocycles. The van der Waals surface area contributed by atoms with Crippen molar-refractivity contribution in [3.63, 3.8) is 0 Å². The summed E-state index contributed by atoms with van der Waals surface area (Å²) in [6, 6.07) is 13.4. The van der Waals surface area contributed by atoms with Crippen LogP contribution < -0.4 is 20.3 Å². The number of rotatable bonds is 9. The van der Waals surface area contributed by atoms with Crippen LogP contribution in [0.5, 0.6) is 5.75 Å². The number of nitrogens with zero attached hydrogens (tertiary/aromatic N) is 9. The average Bonchev–Trinajstić information content (AvgIpc) is 3.92. The molecule has 2 N–H and O–H groups in total. The van der Waals surface area contributed by atoms with Gasteiger partial charge < -0.3 is 15.0 Å². The minimum absolute atomic E-state index is 0.218. The van der Waals surface area contributed by atoms with Crippen LogP contribution >= 0.6 is 0 Å². The number of fused-ring (bicyclic) bond motifs is 3. The van der Waals surface area contributed by atoms with Crippen LogP contribution in [-0.2, 0) is 9.59 Å². The van der Waals surface area contributed by atoms with Crippen LogP contribution in [0.15, 0.2) is 61.1 Å². The molecule has 2 aliphatic heterocycles. The predicted octanol–water partition coefficient (Wildman–Crippen LogP) is 4.92. The second kappa shape index (κ2) is 14.4. The summed E-state index contributed by atoms with van der Waals surface area (Å²) >= 11 is 0. The number of ether oxygens (including phenoxy) is 1. The molecular formula is C40H45N11O4. The van der Waals surface area contributed by atoms with Gasteiger partial charge in [0.05, 0.1) is 41.6 Å². The third kappa shape index (κ3) is 6.66. The maximum absolute atomic E-state index is 13.4. The Bertz CT molecular complexity index is 2420. The van der Waals surface area contributed by atoms with E-state index in [1.54, 1.807) is 30.1 Å². The van der Waals surface area contributed by atoms with Crippen molar-refractivity contribution in [1.29, 1.82) is 0 Å². The van der Waals surface area contributed by atoms with E-state index in [2.05, 4.69) is 47.5 Å². The number of anilines is 2. The summed E-state index contributed by atoms with van der Waals surface area (Å²) in [6.45, 7) is 6.99. The minimum atomic E-state index is -0.471. The molecule has 9 rings (SSSR count). The van der Waals surface area contributed by atoms with Gasteiger partial charge >= 0.3 is 0 Å². The van der Waals surface area contributed by atoms with Gasteiger partial charge in [-0.1, -0.05) is 6.07 Å². The summed E-state index contributed by atoms with van der Waals surface area (Å²) in [5.41, 5.74) is 4.89. The quantitative estimate of drug-likeness (QED) is 0.195. The van der Waals surface area contributed by atoms with Gasteiger partial charge in [-0.15, -0.1) is 0 Å². The van der Waals surface area contributed by atoms with Gasteiger partial charge in [0, 0.05) is 67.5 Å². The van der Waals surface area contributed by atoms with Crippen molar-refractivity contribution in [3.05, 3.63) is 72.3 Å². The summed E-state index contributed by atoms with van der Waals surface area (Å²) in [6.07, 6.45) is 11.8. The second-order valence-corrected chi connectivity index (χ2v) is 15.1. The zero-order valence-electron chi connectivity index (χ0n) is 31.1. The monoisotopic (exact) mass is 743 g/mol. The smallest absolute Gasteiger partial charge is 0.260 e. The molecule has 284 valence electrons. The molecule has 0 spiro atoms. The van der Waals surface area contributed by atoms with Crippen molar-refractivity contribution in [3.8, 4) is 5.75 Å². The van der Waals surface area contributed by atoms with Gasteiger partial charge in [0.15, 0.2) is 11.5 Å². The zero-order valence-corrected chi connectivity index (χ0v) is 31.1. The lowest BCUT2D eigenvalue weighted by atomic mass is 9.84. The molecule has 1 atom stereocenters. The zero-order chi connectivity index (χ0) is 37.6. The van der Waals surface area contributed by atoms with Gasteiger partial charge in [0.1, 0.15) is 11.8 Å². The van der Waals surface area contributed by atoms with Gasteiger partial charge in [-0.05, 0) is 88.2 Å². The number of piperidine rings is 1. The third-order valence-electron chi connectivity index (χ3n) is 11.8. The molecule has 6 heterocycles. The lowest BCUT2D eigenvalue weighted by molar-refractivity contribution is -0.135. The first kappa shape index (κ1) is 34.9. The SMILES string of the molecule is COc1cc2nn(C3CCC(CCN4CCN(c5cccc6c5c(C)nn6C5CCC(=O)NC5=O)CC4)CC3)cc2cc1C(=O)Nc1cnc2cccnn12. The molecule has 3 amide bonds. The first-order chi connectivity index (χ1) is 26.8. The molecule has 2 saturated heterocycles. The summed E-state index contributed by atoms with van der Waals surface area (Å²) in [7, 11) is 1.57. The molecule has 4 aromatic heterocycles. The number of carbonyl (C=O) groups excluding carboxylic acids is 3. The van der Waals surface area contributed by atoms with Gasteiger partial charge in [-0.25, -0.2) is 4.98 Å². The topological polar surface area (TPSA) is 157 Å². The summed E-state index contributed by atoms with van der Waals surface area (Å²) in [5.74, 6) is 0.852. The van der Waals surface area contributed by atoms with E-state index in [1.165, 1.54) is 19.3 Å². The maximum Gasteiger partial charge on any atom is 0.260 e. The highest BCUT2D eigenvalue weighted by atomic mass is 16.5. The number of amides is 3. The molecule has 55 heavy (non-hydrogen) atoms. The van der Waals surface area contributed by atoms with Crippen molar-refractivity contribution < 1.29 is 19.1 Å². The Kier molecular flexibility index (Phi) is 9.16. The second-order valence-electron chi connectivity index (χ2n) is 15.1. The number of aryl methyl sites for hydroxylation is 1. The van der Waals surface area contributed by atoms with E-state index in [9.17, 15) is 14.4 Å². The van der Waals surface area contributed by atoms with E-state index < -0.39 is 6.04 Å². The molecule has 15 nitrogen and oxygen atoms in total. The molecule has 15 heteroatoms. The Morgan fingerprint density at radius 3 is 2.64 bits per heavy atom. The van der Waals surface area contributed by atoms with E-state index in [1.807, 2.05) is 41.9 Å². The van der Waals surface area contributed by atoms with E-state index in [0.717, 1.165) is 78.8 Å². The summed E-state index contributed by atoms with van der Waals surface area (Å²) in [4.78, 5) is 47.1. The van der Waals surface area contributed by atoms with Crippen LogP contribution in [0.3, 0.4) is 0 Å². The first-order valence-corrected chi connectivity index (χ1v) is 19.3. The molecule has 0 radical (unpaired) electrons. The highest BCUT2D eigenvalue weighted by Gasteiger charge is 2.32. The number of hydrogen-bond acceptors (Lipinski definition) is 10. The molecule has 1 unspecified atom stereocenters. The van der Waals surface area contributed by atoms with Crippen LogP contribution in [0.1, 0.15) is 73.1 Å². The van der Waals surface area contributed by atoms with Crippen molar-refractivity contribution in [2.75, 3.05) is 50.1 Å². The molecule has 0 bridgehead atoms. The van der Waals surface area contributed by atoms with E-state index >= 15 is 0 Å². The van der Waals surface area contributed by atoms with E-state index in [-0.39, 0.29) is 17.7 Å². The van der Waals surface area contributed by atoms with Crippen molar-refractivity contribution >= 4 is 56.7 Å². The van der Waals surface area contributed by atoms with Gasteiger partial charge in [0.25, 0.3) is 11.8 Å². The fourth-order valence-corrected chi connectivity index (χ4v) is 8.75. The number of imidazole rings is 1. The molecule has 2 aromatic carbocycles. The number of imide groups is 1. The Balaban J connectivity index is 0.785. The lowest BCUT2D eigenvalue weighted by Gasteiger charge is -2.37. The number of methoxy groups -OCH3 is 1. The number of carbonyl (C=O) groups is 3. The van der Waals surface area contributed by atoms with Gasteiger partial charge in [-0.3, -0.25) is 34.0 Å². The Hall–Kier alpha value is -5.83. The standard InChI is InChI=1S/C40H45N11O4/c1-25-38-31(5-3-6-32(38)50(45-25)33-12-13-37(52)44-40(33)54)48-19-17-47(18-20-48)16-14-26-8-10-28(11-9-26)49-24-27-21-29(34(55-2)22-30(27)46-49)39(53)43-36-23-41-35-7-4-15-42-51(35)36/h3-7,15,21-24,26,28,33H,8-14,16-20H2,1-2H3,(H,43,53)(H,44,52,54). The third-order valence-corrected chi connectivity index (χ3v) is 11.8. The van der Waals surface area contributed by atoms with Crippen molar-refractivity contribution in [1.82, 2.24) is 44.4 Å². The lowest BCUT2D eigenvalue weighted by Crippen LogP contribution is -2.47. The van der Waals surface area contributed by atoms with Crippen LogP contribution in [0.2, 0.25) is 0 Å². The van der Waals surface area contributed by atoms with Crippen molar-refractivity contribution in [2.45, 2.75) is 64.0 Å². The van der Waals surface area contributed by atoms with Crippen LogP contribution in [0.4, 0.5) is 11.5 Å². The van der Waals surface area contributed by atoms with Crippen LogP contribution in [0.25, 0.3) is 27.5 Å². The predicted molar refractivity (Wildman–Crippen MR) is 207 cm³/mol. The number of nitrogens with one attached hydrogen (secondary N) is 2. The molecule has 6 aromatic rings. The molecule has 3 aliphatic rings. The highest BCUT2D eigenvalue weighted by molar-refractivity contribution is 6.08. The Labute approximate surface area is 317 Å². The fourth-order valence-electron chi connectivity index (χ4n) is 8.75. The minimum Gasteiger partial charge on any atom is -0.496 e. The Morgan fingerprint density at radius 2 is 1.84 bits per heavy atom. The molecular weight excluding hydrogens is 699 g/mol. The maximum atomic E-state index is 13.4. The number of hydrogen-bond donors (Lipinski definition) is 2. The number of benzene rings is 2. The largest absolute Gasteiger partial charge is 0.496 e. The summed E-state index contributed by atoms with van der Waals surface area (Å²) in [5, 5.41) is 21.4. The van der Waals surface area contributed by atoms with E-state index in [4.69, 9.17) is 14.9 Å². The summed E-state index contributed by atoms with van der Waals surface area (Å²) < 4.78 is 11.1.